The van der Waals surface area contributed by atoms with Gasteiger partial charge in [0.2, 0.25) is 0 Å². The van der Waals surface area contributed by atoms with Crippen LogP contribution < -0.4 is 0 Å². The Balaban J connectivity index is -0.0000000807. The van der Waals surface area contributed by atoms with Crippen molar-refractivity contribution in [2.24, 2.45) is 5.92 Å². The first kappa shape index (κ1) is 29.6. The molecular formula is C10H19ClF4S. The van der Waals surface area contributed by atoms with E-state index in [0.717, 1.165) is 11.3 Å². The van der Waals surface area contributed by atoms with Gasteiger partial charge in [-0.05, 0) is 24.0 Å². The van der Waals surface area contributed by atoms with Crippen molar-refractivity contribution in [3.63, 3.8) is 0 Å². The van der Waals surface area contributed by atoms with Crippen LogP contribution >= 0.6 is 25.0 Å². The second kappa shape index (κ2) is 14.6. The quantitative estimate of drug-likeness (QED) is 0.610. The van der Waals surface area contributed by atoms with E-state index in [9.17, 15) is 0 Å². The second-order valence-electron chi connectivity index (χ2n) is 3.23. The van der Waals surface area contributed by atoms with Crippen LogP contribution in [0.2, 0.25) is 0 Å². The summed E-state index contributed by atoms with van der Waals surface area (Å²) < 4.78 is 0. The Bertz CT molecular complexity index is 246. The highest BCUT2D eigenvalue weighted by Gasteiger charge is 1.99. The summed E-state index contributed by atoms with van der Waals surface area (Å²) in [6.07, 6.45) is 1.12. The van der Waals surface area contributed by atoms with Crippen LogP contribution in [0.1, 0.15) is 19.4 Å². The second-order valence-corrected chi connectivity index (χ2v) is 3.71. The maximum atomic E-state index is 4.37. The summed E-state index contributed by atoms with van der Waals surface area (Å²) in [5, 5.41) is 0. The van der Waals surface area contributed by atoms with Gasteiger partial charge in [0.05, 0.1) is 0 Å². The minimum absolute atomic E-state index is 0. The van der Waals surface area contributed by atoms with Crippen molar-refractivity contribution >= 4 is 25.0 Å². The van der Waals surface area contributed by atoms with Gasteiger partial charge in [0, 0.05) is 4.90 Å². The van der Waals surface area contributed by atoms with Gasteiger partial charge < -0.3 is 0 Å². The fraction of sp³-hybridized carbons (Fsp3) is 0.400. The summed E-state index contributed by atoms with van der Waals surface area (Å²) in [6.45, 7) is 4.44. The fourth-order valence-corrected chi connectivity index (χ4v) is 1.38. The van der Waals surface area contributed by atoms with Gasteiger partial charge in [-0.3, -0.25) is 18.8 Å². The highest BCUT2D eigenvalue weighted by Crippen LogP contribution is 2.16. The van der Waals surface area contributed by atoms with Crippen LogP contribution in [-0.4, -0.2) is 0 Å². The van der Waals surface area contributed by atoms with Gasteiger partial charge in [0.1, 0.15) is 0 Å². The van der Waals surface area contributed by atoms with Crippen LogP contribution in [0.15, 0.2) is 29.2 Å². The Morgan fingerprint density at radius 2 is 1.44 bits per heavy atom. The van der Waals surface area contributed by atoms with Crippen LogP contribution in [0.25, 0.3) is 0 Å². The van der Waals surface area contributed by atoms with Gasteiger partial charge in [0.25, 0.3) is 0 Å². The molecule has 0 aliphatic heterocycles. The lowest BCUT2D eigenvalue weighted by molar-refractivity contribution is 0.641. The number of hydrogen-bond acceptors (Lipinski definition) is 1. The lowest BCUT2D eigenvalue weighted by Crippen LogP contribution is -1.94. The van der Waals surface area contributed by atoms with Crippen molar-refractivity contribution in [3.05, 3.63) is 29.8 Å². The summed E-state index contributed by atoms with van der Waals surface area (Å²) in [5.41, 5.74) is 1.35. The molecule has 0 nitrogen and oxygen atoms in total. The molecule has 0 heterocycles. The van der Waals surface area contributed by atoms with Crippen LogP contribution in [0.4, 0.5) is 18.8 Å². The summed E-state index contributed by atoms with van der Waals surface area (Å²) in [6, 6.07) is 8.27. The van der Waals surface area contributed by atoms with E-state index in [0.29, 0.717) is 5.92 Å². The third kappa shape index (κ3) is 10.1. The van der Waals surface area contributed by atoms with Gasteiger partial charge in [0.15, 0.2) is 0 Å². The average molecular weight is 283 g/mol. The molecule has 0 bridgehead atoms. The van der Waals surface area contributed by atoms with Crippen LogP contribution in [0.5, 0.6) is 0 Å². The summed E-state index contributed by atoms with van der Waals surface area (Å²) in [5.74, 6) is 0.711. The van der Waals surface area contributed by atoms with Crippen molar-refractivity contribution in [1.29, 1.82) is 0 Å². The van der Waals surface area contributed by atoms with Crippen molar-refractivity contribution in [3.8, 4) is 0 Å². The Morgan fingerprint density at radius 3 is 1.81 bits per heavy atom. The third-order valence-corrected chi connectivity index (χ3v) is 2.06. The number of benzene rings is 1. The molecule has 0 aromatic heterocycles. The van der Waals surface area contributed by atoms with Gasteiger partial charge in [-0.15, -0.1) is 25.0 Å². The molecule has 1 aromatic carbocycles. The van der Waals surface area contributed by atoms with E-state index in [1.165, 1.54) is 5.56 Å². The average Bonchev–Trinajstić information content (AvgIpc) is 1.93. The predicted molar refractivity (Wildman–Crippen MR) is 69.5 cm³/mol. The molecule has 0 aliphatic carbocycles. The maximum Gasteiger partial charge on any atom is 0.00721 e. The third-order valence-electron chi connectivity index (χ3n) is 1.62. The van der Waals surface area contributed by atoms with Crippen LogP contribution in [-0.2, 0) is 6.42 Å². The van der Waals surface area contributed by atoms with E-state index < -0.39 is 0 Å². The molecule has 0 fully saturated rings. The molecule has 0 aliphatic rings. The molecular weight excluding hydrogens is 264 g/mol. The number of rotatable bonds is 2. The monoisotopic (exact) mass is 282 g/mol. The first-order chi connectivity index (χ1) is 5.20. The van der Waals surface area contributed by atoms with Crippen molar-refractivity contribution < 1.29 is 18.8 Å². The molecule has 0 amide bonds. The molecule has 0 unspecified atom stereocenters. The minimum atomic E-state index is 0. The Hall–Kier alpha value is -0.420. The molecule has 6 heteroatoms. The number of hydrogen-bond donors (Lipinski definition) is 1. The molecule has 100 valence electrons. The Labute approximate surface area is 105 Å². The van der Waals surface area contributed by atoms with Crippen molar-refractivity contribution in [2.75, 3.05) is 0 Å². The summed E-state index contributed by atoms with van der Waals surface area (Å²) in [7, 11) is 0. The molecule has 0 saturated carbocycles. The topological polar surface area (TPSA) is 0 Å². The first-order valence-electron chi connectivity index (χ1n) is 3.97. The van der Waals surface area contributed by atoms with Gasteiger partial charge in [-0.1, -0.05) is 32.0 Å². The molecule has 0 spiro atoms. The van der Waals surface area contributed by atoms with E-state index in [-0.39, 0.29) is 31.2 Å². The van der Waals surface area contributed by atoms with E-state index in [1.807, 2.05) is 12.1 Å². The normalized spacial score (nSPS) is 7.25. The van der Waals surface area contributed by atoms with Crippen LogP contribution in [0.3, 0.4) is 0 Å². The molecule has 1 rings (SSSR count). The highest BCUT2D eigenvalue weighted by atomic mass is 35.5. The zero-order chi connectivity index (χ0) is 8.27. The molecule has 0 radical (unpaired) electrons. The molecule has 0 N–H and O–H groups in total. The molecule has 0 atom stereocenters. The summed E-state index contributed by atoms with van der Waals surface area (Å²) >= 11 is 4.37. The SMILES string of the molecule is CC(C)Cc1ccccc1S.Cl.F.F.F.F. The molecule has 16 heavy (non-hydrogen) atoms. The largest absolute Gasteiger partial charge is 0.269 e. The Morgan fingerprint density at radius 1 is 1.00 bits per heavy atom. The number of halogens is 5. The number of thiol groups is 1. The van der Waals surface area contributed by atoms with Crippen molar-refractivity contribution in [2.45, 2.75) is 25.2 Å². The van der Waals surface area contributed by atoms with E-state index in [1.54, 1.807) is 0 Å². The Kier molecular flexibility index (Phi) is 27.0. The highest BCUT2D eigenvalue weighted by molar-refractivity contribution is 7.80. The van der Waals surface area contributed by atoms with E-state index >= 15 is 0 Å². The van der Waals surface area contributed by atoms with Crippen LogP contribution in [0, 0.1) is 5.92 Å². The minimum Gasteiger partial charge on any atom is -0.269 e. The first-order valence-corrected chi connectivity index (χ1v) is 4.41. The van der Waals surface area contributed by atoms with Gasteiger partial charge >= 0.3 is 0 Å². The van der Waals surface area contributed by atoms with E-state index in [2.05, 4.69) is 38.6 Å². The zero-order valence-electron chi connectivity index (χ0n) is 9.08. The standard InChI is InChI=1S/C10H14S.ClH.4FH/c1-8(2)7-9-5-3-4-6-10(9)11;;;;;/h3-6,8,11H,7H2,1-2H3;5*1H. The zero-order valence-corrected chi connectivity index (χ0v) is 10.8. The fourth-order valence-electron chi connectivity index (χ4n) is 1.12. The molecule has 1 aromatic rings. The van der Waals surface area contributed by atoms with E-state index in [4.69, 9.17) is 0 Å². The lowest BCUT2D eigenvalue weighted by atomic mass is 10.0. The summed E-state index contributed by atoms with van der Waals surface area (Å²) in [4.78, 5) is 1.11. The van der Waals surface area contributed by atoms with Crippen molar-refractivity contribution in [1.82, 2.24) is 0 Å². The smallest absolute Gasteiger partial charge is 0.00721 e. The van der Waals surface area contributed by atoms with Gasteiger partial charge in [-0.2, -0.15) is 0 Å². The lowest BCUT2D eigenvalue weighted by Gasteiger charge is -2.06. The maximum absolute atomic E-state index is 4.37. The van der Waals surface area contributed by atoms with Gasteiger partial charge in [-0.25, -0.2) is 0 Å². The predicted octanol–water partition coefficient (Wildman–Crippen LogP) is 4.21. The molecule has 0 saturated heterocycles.